The lowest BCUT2D eigenvalue weighted by molar-refractivity contribution is -0.149. The quantitative estimate of drug-likeness (QED) is 0.864. The van der Waals surface area contributed by atoms with Crippen LogP contribution >= 0.6 is 0 Å². The molecule has 20 heavy (non-hydrogen) atoms. The minimum Gasteiger partial charge on any atom is -0.460 e. The SMILES string of the molecule is O=C(OCc1ccccc1)C1C(F)(F)C12CCNCC2. The average Bonchev–Trinajstić information content (AvgIpc) is 2.92. The standard InChI is InChI=1S/C15H17F2NO2/c16-15(17)12(14(15)6-8-18-9-7-14)13(19)20-10-11-4-2-1-3-5-11/h1-5,12,18H,6-10H2. The first kappa shape index (κ1) is 13.5. The highest BCUT2D eigenvalue weighted by Gasteiger charge is 2.83. The summed E-state index contributed by atoms with van der Waals surface area (Å²) in [7, 11) is 0. The van der Waals surface area contributed by atoms with Gasteiger partial charge in [-0.3, -0.25) is 4.79 Å². The number of rotatable bonds is 3. The number of alkyl halides is 2. The van der Waals surface area contributed by atoms with Crippen LogP contribution in [0.2, 0.25) is 0 Å². The third-order valence-corrected chi connectivity index (χ3v) is 4.45. The van der Waals surface area contributed by atoms with Crippen molar-refractivity contribution in [1.29, 1.82) is 0 Å². The maximum absolute atomic E-state index is 14.0. The number of esters is 1. The van der Waals surface area contributed by atoms with Crippen molar-refractivity contribution in [2.45, 2.75) is 25.4 Å². The predicted octanol–water partition coefficient (Wildman–Crippen LogP) is 2.36. The van der Waals surface area contributed by atoms with E-state index in [1.54, 1.807) is 12.1 Å². The highest BCUT2D eigenvalue weighted by Crippen LogP contribution is 2.70. The molecule has 1 unspecified atom stereocenters. The Labute approximate surface area is 116 Å². The van der Waals surface area contributed by atoms with Crippen LogP contribution in [0.4, 0.5) is 8.78 Å². The predicted molar refractivity (Wildman–Crippen MR) is 69.2 cm³/mol. The van der Waals surface area contributed by atoms with E-state index in [9.17, 15) is 13.6 Å². The Hall–Kier alpha value is -1.49. The molecule has 0 bridgehead atoms. The van der Waals surface area contributed by atoms with E-state index in [1.165, 1.54) is 0 Å². The summed E-state index contributed by atoms with van der Waals surface area (Å²) in [5, 5.41) is 3.05. The van der Waals surface area contributed by atoms with Gasteiger partial charge in [0, 0.05) is 0 Å². The van der Waals surface area contributed by atoms with E-state index < -0.39 is 23.2 Å². The first-order valence-corrected chi connectivity index (χ1v) is 6.87. The molecular formula is C15H17F2NO2. The molecule has 108 valence electrons. The van der Waals surface area contributed by atoms with E-state index in [0.29, 0.717) is 25.9 Å². The van der Waals surface area contributed by atoms with Crippen LogP contribution in [0.25, 0.3) is 0 Å². The van der Waals surface area contributed by atoms with Crippen molar-refractivity contribution in [2.24, 2.45) is 11.3 Å². The van der Waals surface area contributed by atoms with Crippen LogP contribution in [0.15, 0.2) is 30.3 Å². The van der Waals surface area contributed by atoms with Crippen molar-refractivity contribution in [3.8, 4) is 0 Å². The number of hydrogen-bond acceptors (Lipinski definition) is 3. The number of hydrogen-bond donors (Lipinski definition) is 1. The van der Waals surface area contributed by atoms with Crippen molar-refractivity contribution in [3.05, 3.63) is 35.9 Å². The Morgan fingerprint density at radius 2 is 1.90 bits per heavy atom. The topological polar surface area (TPSA) is 38.3 Å². The average molecular weight is 281 g/mol. The van der Waals surface area contributed by atoms with Gasteiger partial charge in [0.1, 0.15) is 12.5 Å². The lowest BCUT2D eigenvalue weighted by Crippen LogP contribution is -2.32. The number of carbonyl (C=O) groups is 1. The number of carbonyl (C=O) groups excluding carboxylic acids is 1. The second kappa shape index (κ2) is 4.81. The highest BCUT2D eigenvalue weighted by molar-refractivity contribution is 5.79. The number of benzene rings is 1. The molecule has 1 spiro atoms. The molecule has 0 aromatic heterocycles. The van der Waals surface area contributed by atoms with Gasteiger partial charge in [0.15, 0.2) is 0 Å². The first-order valence-electron chi connectivity index (χ1n) is 6.87. The Morgan fingerprint density at radius 3 is 2.55 bits per heavy atom. The van der Waals surface area contributed by atoms with E-state index in [4.69, 9.17) is 4.74 Å². The van der Waals surface area contributed by atoms with E-state index in [0.717, 1.165) is 5.56 Å². The third-order valence-electron chi connectivity index (χ3n) is 4.45. The minimum atomic E-state index is -2.91. The van der Waals surface area contributed by atoms with Crippen LogP contribution < -0.4 is 5.32 Å². The molecule has 1 aliphatic carbocycles. The molecule has 1 heterocycles. The zero-order chi connectivity index (χ0) is 14.2. The van der Waals surface area contributed by atoms with Crippen molar-refractivity contribution >= 4 is 5.97 Å². The summed E-state index contributed by atoms with van der Waals surface area (Å²) >= 11 is 0. The fourth-order valence-electron chi connectivity index (χ4n) is 3.19. The molecule has 1 saturated carbocycles. The Balaban J connectivity index is 1.63. The molecule has 3 rings (SSSR count). The molecular weight excluding hydrogens is 264 g/mol. The summed E-state index contributed by atoms with van der Waals surface area (Å²) in [4.78, 5) is 11.9. The van der Waals surface area contributed by atoms with Crippen molar-refractivity contribution in [3.63, 3.8) is 0 Å². The van der Waals surface area contributed by atoms with Crippen LogP contribution in [0, 0.1) is 11.3 Å². The van der Waals surface area contributed by atoms with Gasteiger partial charge in [0.05, 0.1) is 5.41 Å². The molecule has 2 aliphatic rings. The van der Waals surface area contributed by atoms with Crippen LogP contribution in [0.5, 0.6) is 0 Å². The molecule has 1 aromatic carbocycles. The van der Waals surface area contributed by atoms with E-state index >= 15 is 0 Å². The number of nitrogens with one attached hydrogen (secondary N) is 1. The molecule has 1 saturated heterocycles. The van der Waals surface area contributed by atoms with Crippen LogP contribution in [0.1, 0.15) is 18.4 Å². The van der Waals surface area contributed by atoms with Gasteiger partial charge in [-0.2, -0.15) is 0 Å². The zero-order valence-electron chi connectivity index (χ0n) is 11.1. The summed E-state index contributed by atoms with van der Waals surface area (Å²) in [6.07, 6.45) is 0.677. The van der Waals surface area contributed by atoms with E-state index in [-0.39, 0.29) is 6.61 Å². The van der Waals surface area contributed by atoms with Crippen molar-refractivity contribution in [1.82, 2.24) is 5.32 Å². The second-order valence-electron chi connectivity index (χ2n) is 5.56. The van der Waals surface area contributed by atoms with Crippen LogP contribution in [-0.2, 0) is 16.1 Å². The van der Waals surface area contributed by atoms with Gasteiger partial charge in [0.25, 0.3) is 5.92 Å². The van der Waals surface area contributed by atoms with Gasteiger partial charge in [0.2, 0.25) is 0 Å². The number of piperidine rings is 1. The molecule has 2 fully saturated rings. The molecule has 0 radical (unpaired) electrons. The molecule has 0 amide bonds. The number of ether oxygens (including phenoxy) is 1. The largest absolute Gasteiger partial charge is 0.460 e. The summed E-state index contributed by atoms with van der Waals surface area (Å²) < 4.78 is 33.0. The third kappa shape index (κ3) is 2.00. The lowest BCUT2D eigenvalue weighted by Gasteiger charge is -2.22. The van der Waals surface area contributed by atoms with E-state index in [1.807, 2.05) is 18.2 Å². The minimum absolute atomic E-state index is 0.0561. The summed E-state index contributed by atoms with van der Waals surface area (Å²) in [5.74, 6) is -4.94. The van der Waals surface area contributed by atoms with E-state index in [2.05, 4.69) is 5.32 Å². The normalized spacial score (nSPS) is 26.2. The molecule has 5 heteroatoms. The van der Waals surface area contributed by atoms with Gasteiger partial charge in [-0.25, -0.2) is 8.78 Å². The van der Waals surface area contributed by atoms with Crippen LogP contribution in [-0.4, -0.2) is 25.0 Å². The van der Waals surface area contributed by atoms with Gasteiger partial charge in [-0.05, 0) is 31.5 Å². The van der Waals surface area contributed by atoms with Crippen molar-refractivity contribution < 1.29 is 18.3 Å². The maximum Gasteiger partial charge on any atom is 0.316 e. The Kier molecular flexibility index (Phi) is 3.24. The van der Waals surface area contributed by atoms with Gasteiger partial charge in [-0.1, -0.05) is 30.3 Å². The zero-order valence-corrected chi connectivity index (χ0v) is 11.1. The van der Waals surface area contributed by atoms with Crippen molar-refractivity contribution in [2.75, 3.05) is 13.1 Å². The monoisotopic (exact) mass is 281 g/mol. The number of halogens is 2. The summed E-state index contributed by atoms with van der Waals surface area (Å²) in [5.41, 5.74) is -0.351. The molecule has 1 N–H and O–H groups in total. The molecule has 1 atom stereocenters. The fourth-order valence-corrected chi connectivity index (χ4v) is 3.19. The first-order chi connectivity index (χ1) is 9.58. The smallest absolute Gasteiger partial charge is 0.316 e. The maximum atomic E-state index is 14.0. The van der Waals surface area contributed by atoms with Gasteiger partial charge < -0.3 is 10.1 Å². The molecule has 3 nitrogen and oxygen atoms in total. The Morgan fingerprint density at radius 1 is 1.25 bits per heavy atom. The summed E-state index contributed by atoms with van der Waals surface area (Å²) in [6, 6.07) is 9.11. The van der Waals surface area contributed by atoms with Crippen LogP contribution in [0.3, 0.4) is 0 Å². The fraction of sp³-hybridized carbons (Fsp3) is 0.533. The second-order valence-corrected chi connectivity index (χ2v) is 5.56. The summed E-state index contributed by atoms with van der Waals surface area (Å²) in [6.45, 7) is 1.14. The molecule has 1 aromatic rings. The highest BCUT2D eigenvalue weighted by atomic mass is 19.3. The van der Waals surface area contributed by atoms with Gasteiger partial charge in [-0.15, -0.1) is 0 Å². The molecule has 1 aliphatic heterocycles. The lowest BCUT2D eigenvalue weighted by atomic mass is 9.91. The Bertz CT molecular complexity index is 498. The van der Waals surface area contributed by atoms with Gasteiger partial charge >= 0.3 is 5.97 Å².